The molecule has 0 spiro atoms. The SMILES string of the molecule is COc1cc(C)c(S(=O)(=O)N(C)CCOCC(=O)N(C)[C@H]2CCC[C@@H](N3CCN(C)CC3)C2)c(C)c1.O=C(O)/C=C/C(=O)O.O=C(O)/C=C/C(=O)O. The van der Waals surface area contributed by atoms with Crippen LogP contribution in [0.3, 0.4) is 0 Å². The average Bonchev–Trinajstić information content (AvgIpc) is 3.08. The Morgan fingerprint density at radius 3 is 1.77 bits per heavy atom. The molecule has 18 heteroatoms. The monoisotopic (exact) mass is 756 g/mol. The zero-order chi connectivity index (χ0) is 39.6. The Morgan fingerprint density at radius 2 is 1.33 bits per heavy atom. The molecule has 4 N–H and O–H groups in total. The standard InChI is InChI=1S/C26H44N4O5S.2C4H4O4/c1-20-16-24(34-6)17-21(2)26(20)36(32,33)28(4)14-15-35-19-25(31)29(5)22-8-7-9-23(18-22)30-12-10-27(3)11-13-30;2*5-3(6)1-2-4(7)8/h16-17,22-23H,7-15,18-19H2,1-6H3;2*1-2H,(H,5,6)(H,7,8)/b;2*2-1+/t22-,23+;;/m0../s1. The van der Waals surface area contributed by atoms with Crippen LogP contribution in [-0.4, -0.2) is 164 Å². The van der Waals surface area contributed by atoms with Crippen molar-refractivity contribution in [3.05, 3.63) is 47.6 Å². The molecular weight excluding hydrogens is 704 g/mol. The van der Waals surface area contributed by atoms with Crippen LogP contribution >= 0.6 is 0 Å². The van der Waals surface area contributed by atoms with E-state index >= 15 is 0 Å². The molecule has 2 aliphatic rings. The lowest BCUT2D eigenvalue weighted by molar-refractivity contribution is -0.138. The first-order valence-corrected chi connectivity index (χ1v) is 17.9. The van der Waals surface area contributed by atoms with Crippen LogP contribution in [0.4, 0.5) is 0 Å². The molecule has 1 aromatic carbocycles. The summed E-state index contributed by atoms with van der Waals surface area (Å²) in [4.78, 5) is 58.1. The number of nitrogens with zero attached hydrogens (tertiary/aromatic N) is 4. The topological polar surface area (TPSA) is 232 Å². The number of rotatable bonds is 14. The predicted octanol–water partition coefficient (Wildman–Crippen LogP) is 1.39. The number of amides is 1. The molecule has 292 valence electrons. The summed E-state index contributed by atoms with van der Waals surface area (Å²) in [5.41, 5.74) is 1.28. The molecule has 1 saturated heterocycles. The van der Waals surface area contributed by atoms with Gasteiger partial charge in [0.1, 0.15) is 12.4 Å². The number of ether oxygens (including phenoxy) is 2. The number of aryl methyl sites for hydroxylation is 2. The number of piperazine rings is 1. The Balaban J connectivity index is 0.000000700. The largest absolute Gasteiger partial charge is 0.497 e. The number of likely N-dealkylation sites (N-methyl/N-ethyl adjacent to an activating group) is 3. The lowest BCUT2D eigenvalue weighted by atomic mass is 9.88. The lowest BCUT2D eigenvalue weighted by Gasteiger charge is -2.43. The quantitative estimate of drug-likeness (QED) is 0.155. The van der Waals surface area contributed by atoms with Crippen molar-refractivity contribution in [2.75, 3.05) is 74.2 Å². The van der Waals surface area contributed by atoms with Crippen molar-refractivity contribution in [1.82, 2.24) is 19.0 Å². The van der Waals surface area contributed by atoms with Gasteiger partial charge in [0, 0.05) is 83.2 Å². The van der Waals surface area contributed by atoms with Gasteiger partial charge in [-0.1, -0.05) is 0 Å². The number of benzene rings is 1. The van der Waals surface area contributed by atoms with E-state index in [1.54, 1.807) is 33.1 Å². The highest BCUT2D eigenvalue weighted by Crippen LogP contribution is 2.28. The summed E-state index contributed by atoms with van der Waals surface area (Å²) in [6.45, 7) is 8.21. The van der Waals surface area contributed by atoms with Gasteiger partial charge in [0.2, 0.25) is 15.9 Å². The second-order valence-corrected chi connectivity index (χ2v) is 14.3. The number of carboxylic acids is 4. The van der Waals surface area contributed by atoms with Gasteiger partial charge in [0.25, 0.3) is 0 Å². The fraction of sp³-hybridized carbons (Fsp3) is 0.559. The maximum atomic E-state index is 13.1. The number of sulfonamides is 1. The average molecular weight is 757 g/mol. The van der Waals surface area contributed by atoms with Crippen molar-refractivity contribution in [3.63, 3.8) is 0 Å². The minimum atomic E-state index is -3.69. The summed E-state index contributed by atoms with van der Waals surface area (Å²) < 4.78 is 38.4. The molecule has 1 aliphatic heterocycles. The fourth-order valence-electron chi connectivity index (χ4n) is 5.66. The number of carboxylic acid groups (broad SMARTS) is 4. The summed E-state index contributed by atoms with van der Waals surface area (Å²) in [7, 11) is 3.45. The molecule has 2 atom stereocenters. The Labute approximate surface area is 304 Å². The Kier molecular flexibility index (Phi) is 19.8. The van der Waals surface area contributed by atoms with Gasteiger partial charge in [0.15, 0.2) is 0 Å². The van der Waals surface area contributed by atoms with Crippen molar-refractivity contribution < 1.29 is 62.3 Å². The van der Waals surface area contributed by atoms with Crippen LogP contribution < -0.4 is 4.74 Å². The molecule has 0 bridgehead atoms. The normalized spacial score (nSPS) is 18.2. The minimum absolute atomic E-state index is 0.0410. The zero-order valence-electron chi connectivity index (χ0n) is 30.6. The van der Waals surface area contributed by atoms with Crippen LogP contribution in [0, 0.1) is 13.8 Å². The van der Waals surface area contributed by atoms with Crippen molar-refractivity contribution >= 4 is 39.8 Å². The van der Waals surface area contributed by atoms with Crippen molar-refractivity contribution in [3.8, 4) is 5.75 Å². The van der Waals surface area contributed by atoms with E-state index in [2.05, 4.69) is 16.8 Å². The molecule has 1 aliphatic carbocycles. The second kappa shape index (κ2) is 22.5. The van der Waals surface area contributed by atoms with Gasteiger partial charge in [0.05, 0.1) is 18.6 Å². The summed E-state index contributed by atoms with van der Waals surface area (Å²) in [5, 5.41) is 31.2. The van der Waals surface area contributed by atoms with Gasteiger partial charge < -0.3 is 39.7 Å². The molecule has 0 radical (unpaired) electrons. The van der Waals surface area contributed by atoms with Crippen LogP contribution in [0.25, 0.3) is 0 Å². The van der Waals surface area contributed by atoms with E-state index in [9.17, 15) is 32.4 Å². The number of aliphatic carboxylic acids is 4. The number of carbonyl (C=O) groups excluding carboxylic acids is 1. The van der Waals surface area contributed by atoms with Crippen molar-refractivity contribution in [2.24, 2.45) is 0 Å². The molecule has 0 aromatic heterocycles. The fourth-order valence-corrected chi connectivity index (χ4v) is 7.22. The second-order valence-electron chi connectivity index (χ2n) is 12.3. The summed E-state index contributed by atoms with van der Waals surface area (Å²) in [5.74, 6) is -4.45. The highest BCUT2D eigenvalue weighted by molar-refractivity contribution is 7.89. The molecule has 2 fully saturated rings. The molecule has 0 unspecified atom stereocenters. The third-order valence-corrected chi connectivity index (χ3v) is 10.6. The molecule has 1 saturated carbocycles. The van der Waals surface area contributed by atoms with Gasteiger partial charge >= 0.3 is 23.9 Å². The number of hydrogen-bond donors (Lipinski definition) is 4. The molecule has 52 heavy (non-hydrogen) atoms. The number of carbonyl (C=O) groups is 5. The zero-order valence-corrected chi connectivity index (χ0v) is 31.4. The first kappa shape index (κ1) is 45.7. The lowest BCUT2D eigenvalue weighted by Crippen LogP contribution is -2.52. The molecule has 1 heterocycles. The van der Waals surface area contributed by atoms with E-state index in [4.69, 9.17) is 29.9 Å². The summed E-state index contributed by atoms with van der Waals surface area (Å²) in [6.07, 6.45) is 6.59. The molecular formula is C34H52N4O13S. The van der Waals surface area contributed by atoms with Crippen LogP contribution in [-0.2, 0) is 38.7 Å². The molecule has 1 amide bonds. The van der Waals surface area contributed by atoms with E-state index in [0.717, 1.165) is 45.4 Å². The van der Waals surface area contributed by atoms with E-state index in [0.29, 0.717) is 47.2 Å². The molecule has 17 nitrogen and oxygen atoms in total. The van der Waals surface area contributed by atoms with Crippen molar-refractivity contribution in [2.45, 2.75) is 56.5 Å². The van der Waals surface area contributed by atoms with Crippen LogP contribution in [0.5, 0.6) is 5.75 Å². The van der Waals surface area contributed by atoms with E-state index < -0.39 is 33.9 Å². The minimum Gasteiger partial charge on any atom is -0.497 e. The van der Waals surface area contributed by atoms with Crippen molar-refractivity contribution in [1.29, 1.82) is 0 Å². The van der Waals surface area contributed by atoms with E-state index in [-0.39, 0.29) is 36.6 Å². The van der Waals surface area contributed by atoms with Crippen LogP contribution in [0.2, 0.25) is 0 Å². The highest BCUT2D eigenvalue weighted by atomic mass is 32.2. The first-order valence-electron chi connectivity index (χ1n) is 16.5. The maximum absolute atomic E-state index is 13.1. The van der Waals surface area contributed by atoms with Gasteiger partial charge in [-0.15, -0.1) is 0 Å². The van der Waals surface area contributed by atoms with Gasteiger partial charge in [-0.3, -0.25) is 9.69 Å². The predicted molar refractivity (Wildman–Crippen MR) is 190 cm³/mol. The summed E-state index contributed by atoms with van der Waals surface area (Å²) in [6, 6.07) is 4.21. The third-order valence-electron chi connectivity index (χ3n) is 8.47. The Morgan fingerprint density at radius 1 is 0.846 bits per heavy atom. The van der Waals surface area contributed by atoms with Gasteiger partial charge in [-0.25, -0.2) is 27.6 Å². The molecule has 3 rings (SSSR count). The number of methoxy groups -OCH3 is 1. The van der Waals surface area contributed by atoms with E-state index in [1.807, 2.05) is 11.9 Å². The van der Waals surface area contributed by atoms with Crippen LogP contribution in [0.15, 0.2) is 41.3 Å². The van der Waals surface area contributed by atoms with Gasteiger partial charge in [-0.2, -0.15) is 4.31 Å². The van der Waals surface area contributed by atoms with E-state index in [1.165, 1.54) is 17.8 Å². The first-order chi connectivity index (χ1) is 24.3. The smallest absolute Gasteiger partial charge is 0.328 e. The van der Waals surface area contributed by atoms with Crippen LogP contribution in [0.1, 0.15) is 36.8 Å². The number of hydrogen-bond acceptors (Lipinski definition) is 11. The highest BCUT2D eigenvalue weighted by Gasteiger charge is 2.32. The summed E-state index contributed by atoms with van der Waals surface area (Å²) >= 11 is 0. The Bertz CT molecular complexity index is 1450. The third kappa shape index (κ3) is 16.3. The Hall–Kier alpha value is -4.36. The molecule has 1 aromatic rings. The van der Waals surface area contributed by atoms with Gasteiger partial charge in [-0.05, 0) is 69.8 Å². The maximum Gasteiger partial charge on any atom is 0.328 e.